The molecule has 1 aromatic heterocycles. The summed E-state index contributed by atoms with van der Waals surface area (Å²) >= 11 is 3.42. The Bertz CT molecular complexity index is 278. The Morgan fingerprint density at radius 2 is 2.43 bits per heavy atom. The fraction of sp³-hybridized carbons (Fsp3) is 0.500. The molecule has 0 amide bonds. The molecule has 0 bridgehead atoms. The highest BCUT2D eigenvalue weighted by molar-refractivity contribution is 9.10. The first-order chi connectivity index (χ1) is 6.74. The Balaban J connectivity index is 2.41. The molecular formula is C10H16BrN3. The summed E-state index contributed by atoms with van der Waals surface area (Å²) in [6, 6.07) is 4.05. The molecule has 0 radical (unpaired) electrons. The SMILES string of the molecule is CCCC(N)CNc1ncccc1Br. The van der Waals surface area contributed by atoms with Gasteiger partial charge >= 0.3 is 0 Å². The van der Waals surface area contributed by atoms with Gasteiger partial charge in [0.25, 0.3) is 0 Å². The van der Waals surface area contributed by atoms with E-state index in [1.807, 2.05) is 12.1 Å². The number of hydrogen-bond acceptors (Lipinski definition) is 3. The number of rotatable bonds is 5. The quantitative estimate of drug-likeness (QED) is 0.852. The lowest BCUT2D eigenvalue weighted by Gasteiger charge is -2.12. The van der Waals surface area contributed by atoms with Crippen molar-refractivity contribution in [2.45, 2.75) is 25.8 Å². The molecule has 1 aromatic rings. The number of pyridine rings is 1. The summed E-state index contributed by atoms with van der Waals surface area (Å²) in [5, 5.41) is 3.21. The molecule has 4 heteroatoms. The second kappa shape index (κ2) is 5.98. The smallest absolute Gasteiger partial charge is 0.140 e. The highest BCUT2D eigenvalue weighted by Gasteiger charge is 2.03. The topological polar surface area (TPSA) is 50.9 Å². The van der Waals surface area contributed by atoms with E-state index < -0.39 is 0 Å². The van der Waals surface area contributed by atoms with Gasteiger partial charge in [0.15, 0.2) is 0 Å². The van der Waals surface area contributed by atoms with Crippen LogP contribution in [0.4, 0.5) is 5.82 Å². The molecule has 78 valence electrons. The van der Waals surface area contributed by atoms with E-state index in [-0.39, 0.29) is 6.04 Å². The standard InChI is InChI=1S/C10H16BrN3/c1-2-4-8(12)7-14-10-9(11)5-3-6-13-10/h3,5-6,8H,2,4,7,12H2,1H3,(H,13,14). The summed E-state index contributed by atoms with van der Waals surface area (Å²) in [6.45, 7) is 2.90. The van der Waals surface area contributed by atoms with E-state index in [9.17, 15) is 0 Å². The van der Waals surface area contributed by atoms with E-state index in [4.69, 9.17) is 5.73 Å². The second-order valence-corrected chi connectivity index (χ2v) is 4.12. The molecule has 0 fully saturated rings. The molecule has 1 heterocycles. The maximum atomic E-state index is 5.88. The maximum Gasteiger partial charge on any atom is 0.140 e. The summed E-state index contributed by atoms with van der Waals surface area (Å²) in [5.74, 6) is 0.860. The first-order valence-electron chi connectivity index (χ1n) is 4.84. The number of nitrogens with zero attached hydrogens (tertiary/aromatic N) is 1. The summed E-state index contributed by atoms with van der Waals surface area (Å²) in [4.78, 5) is 4.20. The van der Waals surface area contributed by atoms with Crippen molar-refractivity contribution in [3.8, 4) is 0 Å². The third-order valence-corrected chi connectivity index (χ3v) is 2.59. The zero-order chi connectivity index (χ0) is 10.4. The molecule has 0 saturated heterocycles. The van der Waals surface area contributed by atoms with Crippen LogP contribution in [-0.2, 0) is 0 Å². The Hall–Kier alpha value is -0.610. The zero-order valence-corrected chi connectivity index (χ0v) is 9.92. The van der Waals surface area contributed by atoms with Crippen LogP contribution in [0.2, 0.25) is 0 Å². The lowest BCUT2D eigenvalue weighted by molar-refractivity contribution is 0.626. The van der Waals surface area contributed by atoms with Crippen LogP contribution < -0.4 is 11.1 Å². The third-order valence-electron chi connectivity index (χ3n) is 1.95. The zero-order valence-electron chi connectivity index (χ0n) is 8.33. The van der Waals surface area contributed by atoms with E-state index in [2.05, 4.69) is 33.2 Å². The van der Waals surface area contributed by atoms with Crippen molar-refractivity contribution in [2.75, 3.05) is 11.9 Å². The molecule has 3 nitrogen and oxygen atoms in total. The highest BCUT2D eigenvalue weighted by Crippen LogP contribution is 2.17. The predicted octanol–water partition coefficient (Wildman–Crippen LogP) is 2.38. The van der Waals surface area contributed by atoms with E-state index >= 15 is 0 Å². The van der Waals surface area contributed by atoms with Crippen molar-refractivity contribution >= 4 is 21.7 Å². The van der Waals surface area contributed by atoms with Crippen LogP contribution in [-0.4, -0.2) is 17.6 Å². The van der Waals surface area contributed by atoms with Crippen LogP contribution >= 0.6 is 15.9 Å². The maximum absolute atomic E-state index is 5.88. The van der Waals surface area contributed by atoms with Crippen LogP contribution in [0.15, 0.2) is 22.8 Å². The van der Waals surface area contributed by atoms with Crippen molar-refractivity contribution < 1.29 is 0 Å². The number of halogens is 1. The Morgan fingerprint density at radius 1 is 1.64 bits per heavy atom. The molecule has 1 unspecified atom stereocenters. The van der Waals surface area contributed by atoms with Crippen LogP contribution in [0, 0.1) is 0 Å². The van der Waals surface area contributed by atoms with Gasteiger partial charge in [-0.05, 0) is 34.5 Å². The van der Waals surface area contributed by atoms with E-state index in [1.54, 1.807) is 6.20 Å². The van der Waals surface area contributed by atoms with Gasteiger partial charge in [-0.15, -0.1) is 0 Å². The fourth-order valence-electron chi connectivity index (χ4n) is 1.22. The van der Waals surface area contributed by atoms with E-state index in [0.29, 0.717) is 0 Å². The van der Waals surface area contributed by atoms with Crippen molar-refractivity contribution in [3.05, 3.63) is 22.8 Å². The van der Waals surface area contributed by atoms with Gasteiger partial charge in [0.2, 0.25) is 0 Å². The first kappa shape index (κ1) is 11.5. The number of hydrogen-bond donors (Lipinski definition) is 2. The van der Waals surface area contributed by atoms with Crippen molar-refractivity contribution in [1.29, 1.82) is 0 Å². The summed E-state index contributed by atoms with van der Waals surface area (Å²) < 4.78 is 0.976. The van der Waals surface area contributed by atoms with Crippen LogP contribution in [0.3, 0.4) is 0 Å². The number of nitrogens with one attached hydrogen (secondary N) is 1. The van der Waals surface area contributed by atoms with Gasteiger partial charge in [-0.2, -0.15) is 0 Å². The van der Waals surface area contributed by atoms with Crippen molar-refractivity contribution in [1.82, 2.24) is 4.98 Å². The predicted molar refractivity (Wildman–Crippen MR) is 63.3 cm³/mol. The number of aromatic nitrogens is 1. The number of anilines is 1. The molecule has 14 heavy (non-hydrogen) atoms. The average Bonchev–Trinajstić information content (AvgIpc) is 2.17. The van der Waals surface area contributed by atoms with Gasteiger partial charge in [-0.25, -0.2) is 4.98 Å². The largest absolute Gasteiger partial charge is 0.368 e. The van der Waals surface area contributed by atoms with Gasteiger partial charge in [0.1, 0.15) is 5.82 Å². The molecule has 0 aromatic carbocycles. The van der Waals surface area contributed by atoms with Gasteiger partial charge in [-0.3, -0.25) is 0 Å². The van der Waals surface area contributed by atoms with Crippen LogP contribution in [0.5, 0.6) is 0 Å². The highest BCUT2D eigenvalue weighted by atomic mass is 79.9. The van der Waals surface area contributed by atoms with Gasteiger partial charge in [0, 0.05) is 18.8 Å². The van der Waals surface area contributed by atoms with Gasteiger partial charge in [-0.1, -0.05) is 13.3 Å². The van der Waals surface area contributed by atoms with Gasteiger partial charge < -0.3 is 11.1 Å². The molecular weight excluding hydrogens is 242 g/mol. The molecule has 3 N–H and O–H groups in total. The minimum atomic E-state index is 0.203. The van der Waals surface area contributed by atoms with Crippen LogP contribution in [0.25, 0.3) is 0 Å². The van der Waals surface area contributed by atoms with Crippen molar-refractivity contribution in [2.24, 2.45) is 5.73 Å². The van der Waals surface area contributed by atoms with E-state index in [0.717, 1.165) is 29.7 Å². The number of nitrogens with two attached hydrogens (primary N) is 1. The molecule has 1 rings (SSSR count). The van der Waals surface area contributed by atoms with Crippen molar-refractivity contribution in [3.63, 3.8) is 0 Å². The monoisotopic (exact) mass is 257 g/mol. The minimum absolute atomic E-state index is 0.203. The lowest BCUT2D eigenvalue weighted by atomic mass is 10.2. The lowest BCUT2D eigenvalue weighted by Crippen LogP contribution is -2.29. The molecule has 1 atom stereocenters. The Labute approximate surface area is 93.2 Å². The van der Waals surface area contributed by atoms with E-state index in [1.165, 1.54) is 0 Å². The fourth-order valence-corrected chi connectivity index (χ4v) is 1.61. The minimum Gasteiger partial charge on any atom is -0.368 e. The molecule has 0 aliphatic heterocycles. The first-order valence-corrected chi connectivity index (χ1v) is 5.63. The summed E-state index contributed by atoms with van der Waals surface area (Å²) in [7, 11) is 0. The summed E-state index contributed by atoms with van der Waals surface area (Å²) in [5.41, 5.74) is 5.88. The molecule has 0 aliphatic carbocycles. The molecule has 0 saturated carbocycles. The van der Waals surface area contributed by atoms with Crippen LogP contribution in [0.1, 0.15) is 19.8 Å². The summed E-state index contributed by atoms with van der Waals surface area (Å²) in [6.07, 6.45) is 3.92. The average molecular weight is 258 g/mol. The molecule has 0 aliphatic rings. The van der Waals surface area contributed by atoms with Gasteiger partial charge in [0.05, 0.1) is 4.47 Å². The second-order valence-electron chi connectivity index (χ2n) is 3.26. The third kappa shape index (κ3) is 3.64. The Morgan fingerprint density at radius 3 is 3.07 bits per heavy atom. The molecule has 0 spiro atoms. The normalized spacial score (nSPS) is 12.5. The Kier molecular flexibility index (Phi) is 4.90.